The summed E-state index contributed by atoms with van der Waals surface area (Å²) in [6, 6.07) is 1.42. The van der Waals surface area contributed by atoms with Gasteiger partial charge in [-0.1, -0.05) is 5.16 Å². The van der Waals surface area contributed by atoms with Gasteiger partial charge in [0.2, 0.25) is 0 Å². The van der Waals surface area contributed by atoms with Crippen molar-refractivity contribution in [2.75, 3.05) is 7.05 Å². The Morgan fingerprint density at radius 2 is 2.00 bits per heavy atom. The van der Waals surface area contributed by atoms with Crippen LogP contribution in [0.25, 0.3) is 0 Å². The summed E-state index contributed by atoms with van der Waals surface area (Å²) in [5.74, 6) is 0. The molecule has 0 aromatic carbocycles. The summed E-state index contributed by atoms with van der Waals surface area (Å²) in [4.78, 5) is 7.57. The van der Waals surface area contributed by atoms with Gasteiger partial charge in [0.15, 0.2) is 0 Å². The van der Waals surface area contributed by atoms with E-state index in [-0.39, 0.29) is 0 Å². The third kappa shape index (κ3) is 1.82. The van der Waals surface area contributed by atoms with Crippen LogP contribution in [0, 0.1) is 0 Å². The smallest absolute Gasteiger partial charge is 0.117 e. The van der Waals surface area contributed by atoms with Crippen LogP contribution in [0.1, 0.15) is 32.6 Å². The van der Waals surface area contributed by atoms with Crippen molar-refractivity contribution in [1.29, 1.82) is 0 Å². The SMILES string of the molecule is CC=CON=C1CC2CCC(C1)N2C. The Labute approximate surface area is 85.4 Å². The van der Waals surface area contributed by atoms with Crippen LogP contribution < -0.4 is 0 Å². The minimum absolute atomic E-state index is 0.710. The van der Waals surface area contributed by atoms with Crippen LogP contribution in [-0.2, 0) is 4.84 Å². The summed E-state index contributed by atoms with van der Waals surface area (Å²) in [6.45, 7) is 1.93. The lowest BCUT2D eigenvalue weighted by Gasteiger charge is -2.31. The summed E-state index contributed by atoms with van der Waals surface area (Å²) >= 11 is 0. The monoisotopic (exact) mass is 194 g/mol. The van der Waals surface area contributed by atoms with Gasteiger partial charge in [-0.2, -0.15) is 0 Å². The van der Waals surface area contributed by atoms with Crippen LogP contribution in [0.5, 0.6) is 0 Å². The maximum absolute atomic E-state index is 5.07. The lowest BCUT2D eigenvalue weighted by molar-refractivity contribution is 0.217. The van der Waals surface area contributed by atoms with E-state index in [0.29, 0.717) is 12.1 Å². The molecule has 0 amide bonds. The van der Waals surface area contributed by atoms with Crippen molar-refractivity contribution in [2.45, 2.75) is 44.7 Å². The summed E-state index contributed by atoms with van der Waals surface area (Å²) in [5, 5.41) is 4.15. The lowest BCUT2D eigenvalue weighted by Crippen LogP contribution is -2.40. The van der Waals surface area contributed by atoms with Gasteiger partial charge in [0.1, 0.15) is 6.26 Å². The zero-order valence-corrected chi connectivity index (χ0v) is 8.94. The van der Waals surface area contributed by atoms with Gasteiger partial charge in [0.05, 0.1) is 5.71 Å². The molecule has 0 spiro atoms. The second-order valence-electron chi connectivity index (χ2n) is 4.19. The highest BCUT2D eigenvalue weighted by molar-refractivity contribution is 5.86. The van der Waals surface area contributed by atoms with Crippen molar-refractivity contribution in [3.63, 3.8) is 0 Å². The van der Waals surface area contributed by atoms with Crippen LogP contribution in [0.4, 0.5) is 0 Å². The fourth-order valence-corrected chi connectivity index (χ4v) is 2.45. The number of rotatable bonds is 2. The Morgan fingerprint density at radius 3 is 2.57 bits per heavy atom. The topological polar surface area (TPSA) is 24.8 Å². The number of hydrogen-bond acceptors (Lipinski definition) is 3. The van der Waals surface area contributed by atoms with Crippen LogP contribution in [0.2, 0.25) is 0 Å². The van der Waals surface area contributed by atoms with E-state index in [2.05, 4.69) is 17.1 Å². The van der Waals surface area contributed by atoms with E-state index in [1.807, 2.05) is 13.0 Å². The maximum Gasteiger partial charge on any atom is 0.117 e. The van der Waals surface area contributed by atoms with Crippen LogP contribution in [0.15, 0.2) is 17.5 Å². The highest BCUT2D eigenvalue weighted by Gasteiger charge is 2.36. The fraction of sp³-hybridized carbons (Fsp3) is 0.727. The molecule has 78 valence electrons. The molecule has 3 nitrogen and oxygen atoms in total. The van der Waals surface area contributed by atoms with Crippen LogP contribution in [0.3, 0.4) is 0 Å². The second kappa shape index (κ2) is 4.13. The maximum atomic E-state index is 5.07. The van der Waals surface area contributed by atoms with Gasteiger partial charge in [-0.3, -0.25) is 4.90 Å². The zero-order chi connectivity index (χ0) is 9.97. The standard InChI is InChI=1S/C11H18N2O/c1-3-6-14-12-9-7-10-4-5-11(8-9)13(10)2/h3,6,10-11H,4-5,7-8H2,1-2H3. The molecule has 2 aliphatic rings. The average molecular weight is 194 g/mol. The molecule has 2 heterocycles. The molecule has 14 heavy (non-hydrogen) atoms. The van der Waals surface area contributed by atoms with Crippen molar-refractivity contribution in [3.05, 3.63) is 12.3 Å². The van der Waals surface area contributed by atoms with E-state index in [1.54, 1.807) is 6.26 Å². The second-order valence-corrected chi connectivity index (χ2v) is 4.19. The highest BCUT2D eigenvalue weighted by atomic mass is 16.6. The van der Waals surface area contributed by atoms with Gasteiger partial charge in [-0.25, -0.2) is 0 Å². The minimum Gasteiger partial charge on any atom is -0.365 e. The third-order valence-electron chi connectivity index (χ3n) is 3.31. The average Bonchev–Trinajstić information content (AvgIpc) is 2.41. The molecule has 2 atom stereocenters. The molecule has 2 rings (SSSR count). The summed E-state index contributed by atoms with van der Waals surface area (Å²) in [6.07, 6.45) is 8.31. The van der Waals surface area contributed by atoms with Crippen molar-refractivity contribution in [1.82, 2.24) is 4.90 Å². The van der Waals surface area contributed by atoms with Gasteiger partial charge >= 0.3 is 0 Å². The Kier molecular flexibility index (Phi) is 2.87. The first-order valence-electron chi connectivity index (χ1n) is 5.36. The van der Waals surface area contributed by atoms with Gasteiger partial charge in [-0.05, 0) is 32.9 Å². The van der Waals surface area contributed by atoms with Crippen LogP contribution >= 0.6 is 0 Å². The number of fused-ring (bicyclic) bond motifs is 2. The molecule has 0 aliphatic carbocycles. The molecule has 2 saturated heterocycles. The quantitative estimate of drug-likeness (QED) is 0.497. The molecular formula is C11H18N2O. The van der Waals surface area contributed by atoms with Gasteiger partial charge in [0, 0.05) is 24.9 Å². The summed E-state index contributed by atoms with van der Waals surface area (Å²) in [5.41, 5.74) is 1.23. The predicted octanol–water partition coefficient (Wildman–Crippen LogP) is 2.15. The fourth-order valence-electron chi connectivity index (χ4n) is 2.45. The molecule has 0 aromatic heterocycles. The summed E-state index contributed by atoms with van der Waals surface area (Å²) < 4.78 is 0. The number of allylic oxidation sites excluding steroid dienone is 1. The molecule has 2 bridgehead atoms. The highest BCUT2D eigenvalue weighted by Crippen LogP contribution is 2.32. The predicted molar refractivity (Wildman–Crippen MR) is 57.1 cm³/mol. The minimum atomic E-state index is 0.710. The Balaban J connectivity index is 1.95. The Hall–Kier alpha value is -0.830. The first kappa shape index (κ1) is 9.71. The van der Waals surface area contributed by atoms with Crippen LogP contribution in [-0.4, -0.2) is 29.7 Å². The van der Waals surface area contributed by atoms with Gasteiger partial charge in [-0.15, -0.1) is 0 Å². The first-order valence-corrected chi connectivity index (χ1v) is 5.36. The first-order chi connectivity index (χ1) is 6.81. The van der Waals surface area contributed by atoms with E-state index < -0.39 is 0 Å². The molecular weight excluding hydrogens is 176 g/mol. The van der Waals surface area contributed by atoms with E-state index >= 15 is 0 Å². The normalized spacial score (nSPS) is 32.6. The molecule has 0 radical (unpaired) electrons. The largest absolute Gasteiger partial charge is 0.365 e. The van der Waals surface area contributed by atoms with Gasteiger partial charge < -0.3 is 4.84 Å². The molecule has 0 saturated carbocycles. The molecule has 2 unspecified atom stereocenters. The van der Waals surface area contributed by atoms with E-state index in [4.69, 9.17) is 4.84 Å². The number of oxime groups is 1. The third-order valence-corrected chi connectivity index (χ3v) is 3.31. The van der Waals surface area contributed by atoms with Crippen molar-refractivity contribution >= 4 is 5.71 Å². The van der Waals surface area contributed by atoms with E-state index in [0.717, 1.165) is 12.8 Å². The zero-order valence-electron chi connectivity index (χ0n) is 8.94. The number of hydrogen-bond donors (Lipinski definition) is 0. The van der Waals surface area contributed by atoms with Crippen molar-refractivity contribution in [3.8, 4) is 0 Å². The Morgan fingerprint density at radius 1 is 1.36 bits per heavy atom. The molecule has 0 aromatic rings. The lowest BCUT2D eigenvalue weighted by atomic mass is 10.0. The number of nitrogens with zero attached hydrogens (tertiary/aromatic N) is 2. The van der Waals surface area contributed by atoms with Gasteiger partial charge in [0.25, 0.3) is 0 Å². The molecule has 3 heteroatoms. The molecule has 2 aliphatic heterocycles. The molecule has 0 N–H and O–H groups in total. The van der Waals surface area contributed by atoms with E-state index in [9.17, 15) is 0 Å². The summed E-state index contributed by atoms with van der Waals surface area (Å²) in [7, 11) is 2.23. The van der Waals surface area contributed by atoms with Crippen molar-refractivity contribution in [2.24, 2.45) is 5.16 Å². The Bertz CT molecular complexity index is 244. The van der Waals surface area contributed by atoms with Crippen molar-refractivity contribution < 1.29 is 4.84 Å². The van der Waals surface area contributed by atoms with E-state index in [1.165, 1.54) is 18.6 Å². The number of piperidine rings is 1. The molecule has 2 fully saturated rings.